The number of esters is 1. The van der Waals surface area contributed by atoms with Gasteiger partial charge in [0.2, 0.25) is 0 Å². The van der Waals surface area contributed by atoms with Crippen LogP contribution in [0, 0.1) is 0 Å². The molecule has 19 heavy (non-hydrogen) atoms. The molecule has 0 spiro atoms. The fraction of sp³-hybridized carbons (Fsp3) is 0.667. The molecule has 7 nitrogen and oxygen atoms in total. The van der Waals surface area contributed by atoms with Gasteiger partial charge in [-0.15, -0.1) is 13.2 Å². The van der Waals surface area contributed by atoms with Crippen molar-refractivity contribution in [1.82, 2.24) is 10.6 Å². The Morgan fingerprint density at radius 3 is 2.58 bits per heavy atom. The Morgan fingerprint density at radius 2 is 2.05 bits per heavy atom. The zero-order valence-electron chi connectivity index (χ0n) is 9.58. The molecule has 0 aromatic rings. The van der Waals surface area contributed by atoms with Crippen molar-refractivity contribution in [3.8, 4) is 0 Å². The summed E-state index contributed by atoms with van der Waals surface area (Å²) in [6.07, 6.45) is -6.40. The highest BCUT2D eigenvalue weighted by Gasteiger charge is 2.34. The molecule has 0 aromatic carbocycles. The molecule has 1 aliphatic rings. The summed E-state index contributed by atoms with van der Waals surface area (Å²) in [7, 11) is 0. The molecule has 2 amide bonds. The summed E-state index contributed by atoms with van der Waals surface area (Å²) < 4.78 is 42.1. The van der Waals surface area contributed by atoms with E-state index >= 15 is 0 Å². The Bertz CT molecular complexity index is 371. The number of hydrogen-bond acceptors (Lipinski definition) is 5. The molecule has 1 aliphatic heterocycles. The lowest BCUT2D eigenvalue weighted by Crippen LogP contribution is -2.31. The zero-order chi connectivity index (χ0) is 14.5. The number of carbonyl (C=O) groups excluding carboxylic acids is 3. The number of amides is 2. The number of alkyl halides is 3. The van der Waals surface area contributed by atoms with Crippen LogP contribution >= 0.6 is 0 Å². The van der Waals surface area contributed by atoms with Gasteiger partial charge < -0.3 is 20.1 Å². The Labute approximate surface area is 105 Å². The van der Waals surface area contributed by atoms with Gasteiger partial charge in [0.25, 0.3) is 0 Å². The van der Waals surface area contributed by atoms with Crippen LogP contribution < -0.4 is 10.6 Å². The Hall–Kier alpha value is -2.00. The molecule has 1 saturated heterocycles. The van der Waals surface area contributed by atoms with Gasteiger partial charge >= 0.3 is 24.5 Å². The van der Waals surface area contributed by atoms with Gasteiger partial charge in [0.05, 0.1) is 0 Å². The van der Waals surface area contributed by atoms with Gasteiger partial charge in [-0.05, 0) is 19.3 Å². The van der Waals surface area contributed by atoms with Gasteiger partial charge in [0.1, 0.15) is 6.04 Å². The number of ether oxygens (including phenoxy) is 2. The monoisotopic (exact) mass is 284 g/mol. The minimum Gasteiger partial charge on any atom is -0.375 e. The second-order valence-electron chi connectivity index (χ2n) is 3.66. The Morgan fingerprint density at radius 1 is 1.37 bits per heavy atom. The van der Waals surface area contributed by atoms with E-state index in [1.807, 2.05) is 5.32 Å². The Kier molecular flexibility index (Phi) is 4.95. The summed E-state index contributed by atoms with van der Waals surface area (Å²) in [5.74, 6) is -0.686. The van der Waals surface area contributed by atoms with Crippen molar-refractivity contribution < 1.29 is 37.0 Å². The average molecular weight is 284 g/mol. The maximum atomic E-state index is 11.6. The summed E-state index contributed by atoms with van der Waals surface area (Å²) in [5.41, 5.74) is 0. The van der Waals surface area contributed by atoms with Crippen molar-refractivity contribution in [1.29, 1.82) is 0 Å². The van der Waals surface area contributed by atoms with E-state index in [9.17, 15) is 27.6 Å². The summed E-state index contributed by atoms with van der Waals surface area (Å²) >= 11 is 0. The molecule has 0 aliphatic carbocycles. The molecular formula is C9H11F3N2O5. The van der Waals surface area contributed by atoms with Crippen molar-refractivity contribution in [3.63, 3.8) is 0 Å². The smallest absolute Gasteiger partial charge is 0.375 e. The number of nitrogens with one attached hydrogen (secondary N) is 2. The minimum atomic E-state index is -5.01. The second kappa shape index (κ2) is 6.25. The van der Waals surface area contributed by atoms with Crippen LogP contribution in [0.5, 0.6) is 0 Å². The molecule has 0 aromatic heterocycles. The topological polar surface area (TPSA) is 93.7 Å². The highest BCUT2D eigenvalue weighted by Crippen LogP contribution is 2.16. The standard InChI is InChI=1S/C9H11F3N2O5/c10-9(11,12)19-7(16)13-4-2-1-3-5-6(15)18-8(17)14-5/h5H,1-4H2,(H,13,16)(H,14,17)/t5-/m0/s1. The SMILES string of the molecule is O=C1N[C@@H](CCCCNC(=O)OC(F)(F)F)C(=O)O1. The van der Waals surface area contributed by atoms with Crippen LogP contribution in [0.3, 0.4) is 0 Å². The number of rotatable bonds is 5. The molecule has 1 fully saturated rings. The quantitative estimate of drug-likeness (QED) is 0.447. The van der Waals surface area contributed by atoms with Crippen LogP contribution in [-0.4, -0.2) is 37.1 Å². The predicted octanol–water partition coefficient (Wildman–Crippen LogP) is 1.04. The molecule has 1 heterocycles. The zero-order valence-corrected chi connectivity index (χ0v) is 9.58. The number of alkyl carbamates (subject to hydrolysis) is 2. The van der Waals surface area contributed by atoms with Crippen molar-refractivity contribution in [2.24, 2.45) is 0 Å². The van der Waals surface area contributed by atoms with E-state index in [2.05, 4.69) is 14.8 Å². The molecule has 0 saturated carbocycles. The van der Waals surface area contributed by atoms with Gasteiger partial charge in [-0.25, -0.2) is 14.4 Å². The van der Waals surface area contributed by atoms with E-state index in [4.69, 9.17) is 0 Å². The van der Waals surface area contributed by atoms with Gasteiger partial charge in [-0.3, -0.25) is 0 Å². The van der Waals surface area contributed by atoms with Crippen LogP contribution in [0.2, 0.25) is 0 Å². The van der Waals surface area contributed by atoms with E-state index in [-0.39, 0.29) is 13.0 Å². The highest BCUT2D eigenvalue weighted by atomic mass is 19.4. The predicted molar refractivity (Wildman–Crippen MR) is 52.8 cm³/mol. The third-order valence-electron chi connectivity index (χ3n) is 2.17. The molecule has 108 valence electrons. The fourth-order valence-electron chi connectivity index (χ4n) is 1.39. The summed E-state index contributed by atoms with van der Waals surface area (Å²) in [4.78, 5) is 32.2. The lowest BCUT2D eigenvalue weighted by atomic mass is 10.1. The number of unbranched alkanes of at least 4 members (excludes halogenated alkanes) is 1. The molecule has 1 rings (SSSR count). The van der Waals surface area contributed by atoms with E-state index in [0.29, 0.717) is 12.8 Å². The largest absolute Gasteiger partial charge is 0.576 e. The number of cyclic esters (lactones) is 2. The first kappa shape index (κ1) is 15.1. The van der Waals surface area contributed by atoms with Crippen LogP contribution in [0.15, 0.2) is 0 Å². The summed E-state index contributed by atoms with van der Waals surface area (Å²) in [6.45, 7) is -0.0371. The molecule has 0 bridgehead atoms. The summed E-state index contributed by atoms with van der Waals surface area (Å²) in [6, 6.07) is -0.741. The van der Waals surface area contributed by atoms with Crippen molar-refractivity contribution in [2.45, 2.75) is 31.7 Å². The second-order valence-corrected chi connectivity index (χ2v) is 3.66. The summed E-state index contributed by atoms with van der Waals surface area (Å²) in [5, 5.41) is 4.16. The molecule has 0 unspecified atom stereocenters. The van der Waals surface area contributed by atoms with Crippen molar-refractivity contribution >= 4 is 18.2 Å². The fourth-order valence-corrected chi connectivity index (χ4v) is 1.39. The molecular weight excluding hydrogens is 273 g/mol. The van der Waals surface area contributed by atoms with E-state index < -0.39 is 30.6 Å². The first-order valence-electron chi connectivity index (χ1n) is 5.33. The molecule has 2 N–H and O–H groups in total. The van der Waals surface area contributed by atoms with Crippen molar-refractivity contribution in [3.05, 3.63) is 0 Å². The minimum absolute atomic E-state index is 0.0371. The van der Waals surface area contributed by atoms with E-state index in [1.54, 1.807) is 0 Å². The molecule has 1 atom stereocenters. The number of hydrogen-bond donors (Lipinski definition) is 2. The van der Waals surface area contributed by atoms with E-state index in [1.165, 1.54) is 0 Å². The Balaban J connectivity index is 2.07. The number of carbonyl (C=O) groups is 3. The molecule has 10 heteroatoms. The average Bonchev–Trinajstić information content (AvgIpc) is 2.54. The van der Waals surface area contributed by atoms with Gasteiger partial charge in [0.15, 0.2) is 0 Å². The third-order valence-corrected chi connectivity index (χ3v) is 2.17. The maximum Gasteiger partial charge on any atom is 0.576 e. The van der Waals surface area contributed by atoms with E-state index in [0.717, 1.165) is 0 Å². The first-order valence-corrected chi connectivity index (χ1v) is 5.33. The van der Waals surface area contributed by atoms with Crippen LogP contribution in [-0.2, 0) is 14.3 Å². The van der Waals surface area contributed by atoms with Gasteiger partial charge in [-0.2, -0.15) is 0 Å². The highest BCUT2D eigenvalue weighted by molar-refractivity contribution is 5.95. The molecule has 0 radical (unpaired) electrons. The van der Waals surface area contributed by atoms with Crippen LogP contribution in [0.25, 0.3) is 0 Å². The van der Waals surface area contributed by atoms with Gasteiger partial charge in [0, 0.05) is 6.54 Å². The maximum absolute atomic E-state index is 11.6. The normalized spacial score (nSPS) is 18.8. The van der Waals surface area contributed by atoms with Crippen LogP contribution in [0.1, 0.15) is 19.3 Å². The lowest BCUT2D eigenvalue weighted by Gasteiger charge is -2.09. The van der Waals surface area contributed by atoms with Crippen LogP contribution in [0.4, 0.5) is 22.8 Å². The lowest BCUT2D eigenvalue weighted by molar-refractivity contribution is -0.291. The van der Waals surface area contributed by atoms with Crippen molar-refractivity contribution in [2.75, 3.05) is 6.54 Å². The van der Waals surface area contributed by atoms with Gasteiger partial charge in [-0.1, -0.05) is 0 Å². The first-order chi connectivity index (χ1) is 8.78. The number of halogens is 3. The third kappa shape index (κ3) is 5.93.